The monoisotopic (exact) mass is 601 g/mol. The number of nitrogens with zero attached hydrogens (tertiary/aromatic N) is 2. The molecular weight excluding hydrogens is 576 g/mol. The largest absolute Gasteiger partial charge is 0.457 e. The highest BCUT2D eigenvalue weighted by Crippen LogP contribution is 2.32. The summed E-state index contributed by atoms with van der Waals surface area (Å²) in [5.41, 5.74) is 5.52. The number of nitriles is 1. The highest BCUT2D eigenvalue weighted by Gasteiger charge is 2.14. The van der Waals surface area contributed by atoms with Crippen molar-refractivity contribution < 1.29 is 9.31 Å². The Hall–Kier alpha value is -3.20. The van der Waals surface area contributed by atoms with Crippen LogP contribution in [0.25, 0.3) is 11.3 Å². The summed E-state index contributed by atoms with van der Waals surface area (Å²) in [6.45, 7) is 0.942. The standard InChI is InChI=1S/C31H27Br2N2O/c1-35(20-4-2-3-19-34)29-16-5-23(6-17-29)7-18-30-21-26(24-8-12-27(32)13-9-24)22-31(36-30)25-10-14-28(33)15-11-25/h5-18,21-22H,2-4,20H2,1H3/q+1. The molecule has 0 bridgehead atoms. The first-order valence-electron chi connectivity index (χ1n) is 11.9. The fraction of sp³-hybridized carbons (Fsp3) is 0.161. The zero-order chi connectivity index (χ0) is 25.3. The molecule has 0 amide bonds. The summed E-state index contributed by atoms with van der Waals surface area (Å²) < 4.78 is 10.6. The van der Waals surface area contributed by atoms with E-state index in [1.807, 2.05) is 18.2 Å². The molecule has 2 aromatic carbocycles. The highest BCUT2D eigenvalue weighted by atomic mass is 79.9. The average Bonchev–Trinajstić information content (AvgIpc) is 2.91. The van der Waals surface area contributed by atoms with Crippen molar-refractivity contribution in [3.63, 3.8) is 0 Å². The molecule has 0 aromatic heterocycles. The minimum atomic E-state index is 0.620. The van der Waals surface area contributed by atoms with Crippen LogP contribution < -0.4 is 0 Å². The molecule has 1 aliphatic carbocycles. The van der Waals surface area contributed by atoms with E-state index in [1.54, 1.807) is 0 Å². The van der Waals surface area contributed by atoms with E-state index in [-0.39, 0.29) is 0 Å². The van der Waals surface area contributed by atoms with Gasteiger partial charge in [0.2, 0.25) is 0 Å². The Kier molecular flexibility index (Phi) is 9.11. The van der Waals surface area contributed by atoms with Gasteiger partial charge in [-0.1, -0.05) is 62.2 Å². The molecule has 5 heteroatoms. The van der Waals surface area contributed by atoms with Crippen LogP contribution in [0.2, 0.25) is 0 Å². The van der Waals surface area contributed by atoms with Crippen LogP contribution in [0, 0.1) is 11.3 Å². The molecule has 0 N–H and O–H groups in total. The van der Waals surface area contributed by atoms with Gasteiger partial charge in [-0.2, -0.15) is 5.26 Å². The summed E-state index contributed by atoms with van der Waals surface area (Å²) in [4.78, 5) is 0. The maximum atomic E-state index is 8.70. The number of hydrogen-bond donors (Lipinski definition) is 0. The number of allylic oxidation sites excluding steroid dienone is 10. The lowest BCUT2D eigenvalue weighted by atomic mass is 10.0. The summed E-state index contributed by atoms with van der Waals surface area (Å²) in [7, 11) is 2.09. The lowest BCUT2D eigenvalue weighted by molar-refractivity contribution is -0.496. The quantitative estimate of drug-likeness (QED) is 0.236. The molecule has 2 aliphatic rings. The van der Waals surface area contributed by atoms with Crippen LogP contribution in [0.15, 0.2) is 117 Å². The molecule has 1 heterocycles. The van der Waals surface area contributed by atoms with E-state index in [2.05, 4.69) is 128 Å². The van der Waals surface area contributed by atoms with Crippen LogP contribution >= 0.6 is 31.9 Å². The van der Waals surface area contributed by atoms with E-state index in [4.69, 9.17) is 10.00 Å². The number of hydrogen-bond acceptors (Lipinski definition) is 2. The molecule has 2 aromatic rings. The van der Waals surface area contributed by atoms with E-state index >= 15 is 0 Å². The van der Waals surface area contributed by atoms with Gasteiger partial charge in [0.25, 0.3) is 0 Å². The van der Waals surface area contributed by atoms with Crippen molar-refractivity contribution in [2.75, 3.05) is 13.6 Å². The van der Waals surface area contributed by atoms with Crippen LogP contribution in [0.4, 0.5) is 0 Å². The summed E-state index contributed by atoms with van der Waals surface area (Å²) in [5, 5.41) is 8.70. The summed E-state index contributed by atoms with van der Waals surface area (Å²) in [5.74, 6) is 1.60. The zero-order valence-electron chi connectivity index (χ0n) is 20.1. The number of rotatable bonds is 7. The molecule has 1 aliphatic heterocycles. The third kappa shape index (κ3) is 7.16. The topological polar surface area (TPSA) is 36.0 Å². The summed E-state index contributed by atoms with van der Waals surface area (Å²) in [6.07, 6.45) is 19.3. The lowest BCUT2D eigenvalue weighted by Gasteiger charge is -2.18. The van der Waals surface area contributed by atoms with Gasteiger partial charge in [0.05, 0.1) is 6.07 Å². The third-order valence-corrected chi connectivity index (χ3v) is 6.98. The van der Waals surface area contributed by atoms with Gasteiger partial charge in [0, 0.05) is 39.5 Å². The maximum Gasteiger partial charge on any atom is 0.199 e. The van der Waals surface area contributed by atoms with Crippen molar-refractivity contribution >= 4 is 48.9 Å². The first kappa shape index (κ1) is 25.9. The predicted octanol–water partition coefficient (Wildman–Crippen LogP) is 8.38. The van der Waals surface area contributed by atoms with Gasteiger partial charge in [-0.3, -0.25) is 0 Å². The predicted molar refractivity (Wildman–Crippen MR) is 155 cm³/mol. The Morgan fingerprint density at radius 1 is 0.833 bits per heavy atom. The van der Waals surface area contributed by atoms with Crippen LogP contribution in [-0.4, -0.2) is 23.9 Å². The van der Waals surface area contributed by atoms with Gasteiger partial charge in [0.1, 0.15) is 25.1 Å². The van der Waals surface area contributed by atoms with Crippen LogP contribution in [0.3, 0.4) is 0 Å². The van der Waals surface area contributed by atoms with Crippen molar-refractivity contribution in [1.29, 1.82) is 5.26 Å². The molecule has 0 saturated heterocycles. The molecule has 0 unspecified atom stereocenters. The zero-order valence-corrected chi connectivity index (χ0v) is 23.3. The second kappa shape index (κ2) is 12.7. The van der Waals surface area contributed by atoms with Crippen LogP contribution in [0.5, 0.6) is 0 Å². The van der Waals surface area contributed by atoms with Crippen molar-refractivity contribution in [3.05, 3.63) is 129 Å². The fourth-order valence-corrected chi connectivity index (χ4v) is 4.40. The van der Waals surface area contributed by atoms with E-state index in [1.165, 1.54) is 5.71 Å². The summed E-state index contributed by atoms with van der Waals surface area (Å²) in [6, 6.07) is 18.7. The maximum absolute atomic E-state index is 8.70. The van der Waals surface area contributed by atoms with E-state index in [9.17, 15) is 0 Å². The van der Waals surface area contributed by atoms with Crippen LogP contribution in [-0.2, 0) is 4.74 Å². The fourth-order valence-electron chi connectivity index (χ4n) is 3.87. The smallest absolute Gasteiger partial charge is 0.199 e. The van der Waals surface area contributed by atoms with Gasteiger partial charge < -0.3 is 4.74 Å². The Labute approximate surface area is 230 Å². The molecule has 0 atom stereocenters. The van der Waals surface area contributed by atoms with Crippen molar-refractivity contribution in [2.45, 2.75) is 19.3 Å². The Morgan fingerprint density at radius 2 is 1.47 bits per heavy atom. The normalized spacial score (nSPS) is 15.8. The minimum absolute atomic E-state index is 0.620. The molecular formula is C31H27Br2N2O+. The second-order valence-electron chi connectivity index (χ2n) is 8.59. The number of halogens is 2. The Balaban J connectivity index is 1.56. The van der Waals surface area contributed by atoms with E-state index < -0.39 is 0 Å². The van der Waals surface area contributed by atoms with Crippen molar-refractivity contribution in [2.24, 2.45) is 0 Å². The molecule has 4 rings (SSSR count). The molecule has 36 heavy (non-hydrogen) atoms. The number of ether oxygens (including phenoxy) is 1. The number of benzene rings is 2. The van der Waals surface area contributed by atoms with E-state index in [0.717, 1.165) is 62.1 Å². The summed E-state index contributed by atoms with van der Waals surface area (Å²) >= 11 is 7.04. The average molecular weight is 603 g/mol. The molecule has 0 saturated carbocycles. The minimum Gasteiger partial charge on any atom is -0.457 e. The van der Waals surface area contributed by atoms with Gasteiger partial charge in [-0.25, -0.2) is 4.58 Å². The lowest BCUT2D eigenvalue weighted by Crippen LogP contribution is -2.16. The molecule has 180 valence electrons. The van der Waals surface area contributed by atoms with E-state index in [0.29, 0.717) is 6.42 Å². The molecule has 0 fully saturated rings. The Bertz CT molecular complexity index is 1350. The third-order valence-electron chi connectivity index (χ3n) is 5.92. The second-order valence-corrected chi connectivity index (χ2v) is 10.4. The van der Waals surface area contributed by atoms with Gasteiger partial charge in [-0.15, -0.1) is 0 Å². The van der Waals surface area contributed by atoms with Crippen molar-refractivity contribution in [3.8, 4) is 6.07 Å². The first-order chi connectivity index (χ1) is 17.5. The molecule has 0 radical (unpaired) electrons. The first-order valence-corrected chi connectivity index (χ1v) is 13.5. The van der Waals surface area contributed by atoms with Gasteiger partial charge in [0.15, 0.2) is 5.71 Å². The molecule has 3 nitrogen and oxygen atoms in total. The Morgan fingerprint density at radius 3 is 2.11 bits per heavy atom. The van der Waals surface area contributed by atoms with Gasteiger partial charge in [-0.05, 0) is 77.8 Å². The van der Waals surface area contributed by atoms with Crippen molar-refractivity contribution in [1.82, 2.24) is 0 Å². The number of unbranched alkanes of at least 4 members (excludes halogenated alkanes) is 2. The van der Waals surface area contributed by atoms with Gasteiger partial charge >= 0.3 is 0 Å². The van der Waals surface area contributed by atoms with Crippen LogP contribution in [0.1, 0.15) is 30.4 Å². The SMILES string of the molecule is C[N+](CCCCC#N)=C1C=CC(=CC=C2C=C(c3ccc(Br)cc3)C=C(c3ccc(Br)cc3)O2)C=C1. The molecule has 0 spiro atoms. The highest BCUT2D eigenvalue weighted by molar-refractivity contribution is 9.10.